The summed E-state index contributed by atoms with van der Waals surface area (Å²) < 4.78 is 45.9. The number of carbonyl (C=O) groups excluding carboxylic acids is 2. The average molecular weight is 402 g/mol. The van der Waals surface area contributed by atoms with E-state index in [2.05, 4.69) is 5.32 Å². The fourth-order valence-corrected chi connectivity index (χ4v) is 2.83. The van der Waals surface area contributed by atoms with Gasteiger partial charge in [-0.3, -0.25) is 14.5 Å². The summed E-state index contributed by atoms with van der Waals surface area (Å²) in [6, 6.07) is 6.73. The molecule has 0 aromatic heterocycles. The molecule has 28 heavy (non-hydrogen) atoms. The van der Waals surface area contributed by atoms with Crippen molar-refractivity contribution in [2.75, 3.05) is 19.6 Å². The van der Waals surface area contributed by atoms with Crippen molar-refractivity contribution in [3.8, 4) is 0 Å². The number of halogens is 4. The number of nitrogens with zero attached hydrogens (tertiary/aromatic N) is 1. The smallest absolute Gasteiger partial charge is 0.475 e. The maximum absolute atomic E-state index is 14.1. The highest BCUT2D eigenvalue weighted by Gasteiger charge is 2.38. The molecule has 0 radical (unpaired) electrons. The van der Waals surface area contributed by atoms with Crippen LogP contribution in [-0.2, 0) is 4.79 Å². The average Bonchev–Trinajstić information content (AvgIpc) is 2.91. The number of nitrogens with one attached hydrogen (secondary N) is 1. The lowest BCUT2D eigenvalue weighted by Crippen LogP contribution is -2.31. The van der Waals surface area contributed by atoms with Crippen LogP contribution in [-0.4, -0.2) is 53.6 Å². The van der Waals surface area contributed by atoms with E-state index >= 15 is 0 Å². The molecule has 2 heterocycles. The van der Waals surface area contributed by atoms with Crippen LogP contribution in [0.2, 0.25) is 0 Å². The van der Waals surface area contributed by atoms with E-state index in [0.717, 1.165) is 23.6 Å². The van der Waals surface area contributed by atoms with Gasteiger partial charge in [-0.05, 0) is 43.6 Å². The van der Waals surface area contributed by atoms with E-state index in [1.165, 1.54) is 0 Å². The number of carboxylic acids is 1. The van der Waals surface area contributed by atoms with E-state index in [9.17, 15) is 27.2 Å². The first kappa shape index (κ1) is 21.5. The molecular weight excluding hydrogens is 384 g/mol. The second-order valence-electron chi connectivity index (χ2n) is 6.12. The molecule has 6 nitrogen and oxygen atoms in total. The maximum Gasteiger partial charge on any atom is 0.490 e. The van der Waals surface area contributed by atoms with Gasteiger partial charge in [0.15, 0.2) is 0 Å². The van der Waals surface area contributed by atoms with Gasteiger partial charge in [0.25, 0.3) is 11.8 Å². The van der Waals surface area contributed by atoms with Crippen LogP contribution < -0.4 is 5.32 Å². The van der Waals surface area contributed by atoms with Crippen molar-refractivity contribution in [2.45, 2.75) is 25.4 Å². The van der Waals surface area contributed by atoms with E-state index < -0.39 is 12.1 Å². The molecule has 1 aromatic rings. The number of benzene rings is 1. The monoisotopic (exact) mass is 402 g/mol. The normalized spacial score (nSPS) is 16.4. The molecule has 1 fully saturated rings. The molecule has 0 aliphatic carbocycles. The summed E-state index contributed by atoms with van der Waals surface area (Å²) in [5.41, 5.74) is 1.64. The number of hydrogen-bond acceptors (Lipinski definition) is 4. The number of piperidine rings is 1. The molecule has 2 aliphatic heterocycles. The fraction of sp³-hybridized carbons (Fsp3) is 0.389. The Balaban J connectivity index is 0.000000345. The number of alkyl halides is 3. The zero-order valence-corrected chi connectivity index (χ0v) is 14.7. The molecule has 10 heteroatoms. The van der Waals surface area contributed by atoms with Crippen LogP contribution >= 0.6 is 0 Å². The standard InChI is InChI=1S/C16H17FN2O2.C2HF3O2/c17-14(11-5-8-18-9-6-11)7-10-19-15(20)12-3-1-2-4-13(12)16(19)21;3-2(4,5)1(6)7/h1-4,18H,5-10H2;(H,6,7). The first-order chi connectivity index (χ1) is 13.1. The fourth-order valence-electron chi connectivity index (χ4n) is 2.83. The second kappa shape index (κ2) is 8.96. The Hall–Kier alpha value is -2.75. The lowest BCUT2D eigenvalue weighted by molar-refractivity contribution is -0.192. The van der Waals surface area contributed by atoms with E-state index in [1.54, 1.807) is 24.3 Å². The summed E-state index contributed by atoms with van der Waals surface area (Å²) >= 11 is 0. The summed E-state index contributed by atoms with van der Waals surface area (Å²) in [6.45, 7) is 1.68. The number of carboxylic acid groups (broad SMARTS) is 1. The van der Waals surface area contributed by atoms with Gasteiger partial charge in [0.2, 0.25) is 0 Å². The minimum atomic E-state index is -5.08. The number of fused-ring (bicyclic) bond motifs is 1. The number of rotatable bonds is 3. The minimum Gasteiger partial charge on any atom is -0.475 e. The summed E-state index contributed by atoms with van der Waals surface area (Å²) in [4.78, 5) is 34.3. The zero-order valence-electron chi connectivity index (χ0n) is 14.7. The molecule has 2 aliphatic rings. The molecule has 0 spiro atoms. The van der Waals surface area contributed by atoms with Crippen molar-refractivity contribution in [2.24, 2.45) is 0 Å². The lowest BCUT2D eigenvalue weighted by atomic mass is 10.0. The molecule has 152 valence electrons. The third-order valence-corrected chi connectivity index (χ3v) is 4.27. The van der Waals surface area contributed by atoms with E-state index in [1.807, 2.05) is 0 Å². The van der Waals surface area contributed by atoms with Crippen molar-refractivity contribution in [3.63, 3.8) is 0 Å². The Morgan fingerprint density at radius 2 is 1.54 bits per heavy atom. The molecule has 3 rings (SSSR count). The van der Waals surface area contributed by atoms with Crippen molar-refractivity contribution in [1.82, 2.24) is 10.2 Å². The molecule has 2 amide bonds. The van der Waals surface area contributed by atoms with Gasteiger partial charge in [-0.1, -0.05) is 12.1 Å². The minimum absolute atomic E-state index is 0.106. The van der Waals surface area contributed by atoms with Crippen molar-refractivity contribution < 1.29 is 37.1 Å². The van der Waals surface area contributed by atoms with E-state index in [4.69, 9.17) is 9.90 Å². The predicted octanol–water partition coefficient (Wildman–Crippen LogP) is 2.91. The Bertz CT molecular complexity index is 762. The summed E-state index contributed by atoms with van der Waals surface area (Å²) in [7, 11) is 0. The Kier molecular flexibility index (Phi) is 6.90. The number of aliphatic carboxylic acids is 1. The van der Waals surface area contributed by atoms with Crippen LogP contribution in [0, 0.1) is 0 Å². The number of amides is 2. The van der Waals surface area contributed by atoms with Gasteiger partial charge in [-0.2, -0.15) is 13.2 Å². The van der Waals surface area contributed by atoms with E-state index in [-0.39, 0.29) is 30.6 Å². The first-order valence-corrected chi connectivity index (χ1v) is 8.45. The van der Waals surface area contributed by atoms with Crippen LogP contribution in [0.1, 0.15) is 40.0 Å². The van der Waals surface area contributed by atoms with Gasteiger partial charge in [-0.15, -0.1) is 0 Å². The summed E-state index contributed by atoms with van der Waals surface area (Å²) in [6.07, 6.45) is -3.57. The molecule has 1 aromatic carbocycles. The van der Waals surface area contributed by atoms with Crippen LogP contribution in [0.3, 0.4) is 0 Å². The van der Waals surface area contributed by atoms with Crippen molar-refractivity contribution in [1.29, 1.82) is 0 Å². The van der Waals surface area contributed by atoms with Gasteiger partial charge in [0, 0.05) is 13.0 Å². The number of carbonyl (C=O) groups is 3. The lowest BCUT2D eigenvalue weighted by Gasteiger charge is -2.18. The number of imide groups is 1. The summed E-state index contributed by atoms with van der Waals surface area (Å²) in [5, 5.41) is 10.3. The molecule has 0 bridgehead atoms. The Morgan fingerprint density at radius 3 is 1.96 bits per heavy atom. The maximum atomic E-state index is 14.1. The topological polar surface area (TPSA) is 86.7 Å². The second-order valence-corrected chi connectivity index (χ2v) is 6.12. The predicted molar refractivity (Wildman–Crippen MR) is 90.4 cm³/mol. The van der Waals surface area contributed by atoms with Gasteiger partial charge >= 0.3 is 12.1 Å². The number of hydrogen-bond donors (Lipinski definition) is 2. The molecule has 0 saturated carbocycles. The van der Waals surface area contributed by atoms with Gasteiger partial charge in [0.1, 0.15) is 5.83 Å². The molecule has 0 atom stereocenters. The first-order valence-electron chi connectivity index (χ1n) is 8.45. The third kappa shape index (κ3) is 5.16. The Morgan fingerprint density at radius 1 is 1.07 bits per heavy atom. The Labute approximate surface area is 157 Å². The van der Waals surface area contributed by atoms with Crippen LogP contribution in [0.4, 0.5) is 17.6 Å². The van der Waals surface area contributed by atoms with Gasteiger partial charge < -0.3 is 10.4 Å². The SMILES string of the molecule is O=C(O)C(F)(F)F.O=C1c2ccccc2C(=O)N1CCC(F)=C1CCNCC1. The zero-order chi connectivity index (χ0) is 20.9. The molecule has 0 unspecified atom stereocenters. The summed E-state index contributed by atoms with van der Waals surface area (Å²) in [5.74, 6) is -3.57. The molecular formula is C18H18F4N2O4. The molecule has 2 N–H and O–H groups in total. The highest BCUT2D eigenvalue weighted by atomic mass is 19.4. The molecule has 1 saturated heterocycles. The quantitative estimate of drug-likeness (QED) is 0.600. The van der Waals surface area contributed by atoms with Gasteiger partial charge in [-0.25, -0.2) is 9.18 Å². The van der Waals surface area contributed by atoms with Crippen LogP contribution in [0.15, 0.2) is 35.7 Å². The largest absolute Gasteiger partial charge is 0.490 e. The van der Waals surface area contributed by atoms with Crippen LogP contribution in [0.25, 0.3) is 0 Å². The highest BCUT2D eigenvalue weighted by molar-refractivity contribution is 6.21. The highest BCUT2D eigenvalue weighted by Crippen LogP contribution is 2.25. The van der Waals surface area contributed by atoms with Crippen LogP contribution in [0.5, 0.6) is 0 Å². The van der Waals surface area contributed by atoms with Crippen molar-refractivity contribution in [3.05, 3.63) is 46.8 Å². The van der Waals surface area contributed by atoms with Crippen molar-refractivity contribution >= 4 is 17.8 Å². The van der Waals surface area contributed by atoms with Gasteiger partial charge in [0.05, 0.1) is 11.1 Å². The van der Waals surface area contributed by atoms with E-state index in [0.29, 0.717) is 24.0 Å². The third-order valence-electron chi connectivity index (χ3n) is 4.27.